The van der Waals surface area contributed by atoms with Crippen LogP contribution in [-0.2, 0) is 17.4 Å². The minimum atomic E-state index is -4.39. The van der Waals surface area contributed by atoms with E-state index in [2.05, 4.69) is 5.32 Å². The van der Waals surface area contributed by atoms with Crippen molar-refractivity contribution in [3.63, 3.8) is 0 Å². The molecule has 1 aliphatic carbocycles. The Hall–Kier alpha value is -1.66. The largest absolute Gasteiger partial charge is 0.416 e. The van der Waals surface area contributed by atoms with Crippen LogP contribution in [-0.4, -0.2) is 18.4 Å². The van der Waals surface area contributed by atoms with Crippen LogP contribution < -0.4 is 5.32 Å². The molecule has 0 saturated heterocycles. The Morgan fingerprint density at radius 1 is 1.17 bits per heavy atom. The van der Waals surface area contributed by atoms with Crippen LogP contribution >= 0.6 is 0 Å². The highest BCUT2D eigenvalue weighted by Crippen LogP contribution is 2.38. The summed E-state index contributed by atoms with van der Waals surface area (Å²) in [5.74, 6) is -4.96. The van der Waals surface area contributed by atoms with E-state index in [1.807, 2.05) is 0 Å². The third-order valence-corrected chi connectivity index (χ3v) is 4.07. The van der Waals surface area contributed by atoms with Crippen LogP contribution in [0.1, 0.15) is 36.8 Å². The van der Waals surface area contributed by atoms with E-state index >= 15 is 0 Å². The highest BCUT2D eigenvalue weighted by atomic mass is 19.4. The second-order valence-electron chi connectivity index (χ2n) is 5.80. The van der Waals surface area contributed by atoms with Crippen molar-refractivity contribution < 1.29 is 26.7 Å². The van der Waals surface area contributed by atoms with E-state index in [-0.39, 0.29) is 19.4 Å². The van der Waals surface area contributed by atoms with E-state index in [1.54, 1.807) is 0 Å². The highest BCUT2D eigenvalue weighted by molar-refractivity contribution is 5.79. The summed E-state index contributed by atoms with van der Waals surface area (Å²) in [7, 11) is 0. The molecule has 1 fully saturated rings. The first kappa shape index (κ1) is 17.7. The quantitative estimate of drug-likeness (QED) is 0.822. The zero-order chi connectivity index (χ0) is 17.1. The molecule has 1 aromatic rings. The Kier molecular flexibility index (Phi) is 5.26. The van der Waals surface area contributed by atoms with Gasteiger partial charge in [-0.25, -0.2) is 8.78 Å². The molecule has 23 heavy (non-hydrogen) atoms. The molecule has 1 amide bonds. The van der Waals surface area contributed by atoms with Crippen molar-refractivity contribution in [3.05, 3.63) is 35.4 Å². The van der Waals surface area contributed by atoms with Crippen molar-refractivity contribution in [2.24, 2.45) is 5.92 Å². The maximum absolute atomic E-state index is 13.7. The summed E-state index contributed by atoms with van der Waals surface area (Å²) in [5, 5.41) is 2.46. The molecule has 0 radical (unpaired) electrons. The van der Waals surface area contributed by atoms with Crippen LogP contribution in [0.5, 0.6) is 0 Å². The van der Waals surface area contributed by atoms with Gasteiger partial charge in [0.15, 0.2) is 0 Å². The first-order valence-electron chi connectivity index (χ1n) is 7.52. The van der Waals surface area contributed by atoms with Gasteiger partial charge in [0, 0.05) is 13.0 Å². The first-order chi connectivity index (χ1) is 10.7. The van der Waals surface area contributed by atoms with Crippen LogP contribution in [0.15, 0.2) is 24.3 Å². The number of nitrogens with one attached hydrogen (secondary N) is 1. The van der Waals surface area contributed by atoms with Crippen LogP contribution in [0.2, 0.25) is 0 Å². The topological polar surface area (TPSA) is 29.1 Å². The highest BCUT2D eigenvalue weighted by Gasteiger charge is 2.45. The lowest BCUT2D eigenvalue weighted by Gasteiger charge is -2.30. The minimum absolute atomic E-state index is 0.122. The van der Waals surface area contributed by atoms with Crippen molar-refractivity contribution in [2.75, 3.05) is 6.54 Å². The van der Waals surface area contributed by atoms with Gasteiger partial charge in [-0.05, 0) is 37.0 Å². The van der Waals surface area contributed by atoms with Gasteiger partial charge in [-0.15, -0.1) is 0 Å². The summed E-state index contributed by atoms with van der Waals surface area (Å²) >= 11 is 0. The van der Waals surface area contributed by atoms with Gasteiger partial charge in [0.2, 0.25) is 5.91 Å². The average molecular weight is 335 g/mol. The van der Waals surface area contributed by atoms with E-state index in [9.17, 15) is 26.7 Å². The standard InChI is InChI=1S/C16H18F5NO/c17-15(18)9-2-1-3-13(15)14(23)22-10-8-11-4-6-12(7-5-11)16(19,20)21/h4-7,13H,1-3,8-10H2,(H,22,23). The maximum Gasteiger partial charge on any atom is 0.416 e. The van der Waals surface area contributed by atoms with E-state index in [0.29, 0.717) is 24.8 Å². The fourth-order valence-corrected chi connectivity index (χ4v) is 2.73. The van der Waals surface area contributed by atoms with E-state index in [0.717, 1.165) is 12.1 Å². The molecule has 0 aliphatic heterocycles. The van der Waals surface area contributed by atoms with Crippen molar-refractivity contribution >= 4 is 5.91 Å². The number of hydrogen-bond acceptors (Lipinski definition) is 1. The monoisotopic (exact) mass is 335 g/mol. The number of alkyl halides is 5. The average Bonchev–Trinajstić information content (AvgIpc) is 2.46. The molecule has 7 heteroatoms. The van der Waals surface area contributed by atoms with Gasteiger partial charge >= 0.3 is 6.18 Å². The summed E-state index contributed by atoms with van der Waals surface area (Å²) in [5.41, 5.74) is -0.138. The van der Waals surface area contributed by atoms with Gasteiger partial charge in [0.25, 0.3) is 5.92 Å². The van der Waals surface area contributed by atoms with Gasteiger partial charge in [0.1, 0.15) is 5.92 Å². The van der Waals surface area contributed by atoms with Gasteiger partial charge in [-0.3, -0.25) is 4.79 Å². The minimum Gasteiger partial charge on any atom is -0.355 e. The zero-order valence-corrected chi connectivity index (χ0v) is 12.4. The number of amides is 1. The second kappa shape index (κ2) is 6.84. The molecule has 1 N–H and O–H groups in total. The summed E-state index contributed by atoms with van der Waals surface area (Å²) in [6.45, 7) is 0.122. The Morgan fingerprint density at radius 3 is 2.39 bits per heavy atom. The molecule has 1 atom stereocenters. The number of rotatable bonds is 4. The molecule has 1 aromatic carbocycles. The molecule has 1 unspecified atom stereocenters. The molecule has 128 valence electrons. The van der Waals surface area contributed by atoms with Gasteiger partial charge < -0.3 is 5.32 Å². The Bertz CT molecular complexity index is 538. The number of benzene rings is 1. The van der Waals surface area contributed by atoms with Crippen molar-refractivity contribution in [1.29, 1.82) is 0 Å². The molecule has 0 bridgehead atoms. The Morgan fingerprint density at radius 2 is 1.83 bits per heavy atom. The summed E-state index contributed by atoms with van der Waals surface area (Å²) in [6, 6.07) is 4.58. The number of carbonyl (C=O) groups excluding carboxylic acids is 1. The SMILES string of the molecule is O=C(NCCc1ccc(C(F)(F)F)cc1)C1CCCCC1(F)F. The molecular weight excluding hydrogens is 317 g/mol. The third-order valence-electron chi connectivity index (χ3n) is 4.07. The lowest BCUT2D eigenvalue weighted by Crippen LogP contribution is -2.44. The lowest BCUT2D eigenvalue weighted by molar-refractivity contribution is -0.145. The predicted octanol–water partition coefficient (Wildman–Crippen LogP) is 4.19. The lowest BCUT2D eigenvalue weighted by atomic mass is 9.85. The van der Waals surface area contributed by atoms with E-state index in [4.69, 9.17) is 0 Å². The first-order valence-corrected chi connectivity index (χ1v) is 7.52. The molecular formula is C16H18F5NO. The third kappa shape index (κ3) is 4.65. The van der Waals surface area contributed by atoms with E-state index in [1.165, 1.54) is 12.1 Å². The molecule has 1 saturated carbocycles. The molecule has 2 nitrogen and oxygen atoms in total. The Labute approximate surface area is 131 Å². The molecule has 1 aliphatic rings. The van der Waals surface area contributed by atoms with Crippen LogP contribution in [0.3, 0.4) is 0 Å². The molecule has 0 spiro atoms. The molecule has 0 aromatic heterocycles. The fourth-order valence-electron chi connectivity index (χ4n) is 2.73. The zero-order valence-electron chi connectivity index (χ0n) is 12.4. The normalized spacial score (nSPS) is 21.0. The summed E-state index contributed by atoms with van der Waals surface area (Å²) in [4.78, 5) is 11.8. The maximum atomic E-state index is 13.7. The smallest absolute Gasteiger partial charge is 0.355 e. The van der Waals surface area contributed by atoms with Gasteiger partial charge in [0.05, 0.1) is 5.56 Å². The van der Waals surface area contributed by atoms with E-state index < -0.39 is 29.5 Å². The summed E-state index contributed by atoms with van der Waals surface area (Å²) in [6.07, 6.45) is -3.18. The fraction of sp³-hybridized carbons (Fsp3) is 0.562. The number of carbonyl (C=O) groups is 1. The number of hydrogen-bond donors (Lipinski definition) is 1. The van der Waals surface area contributed by atoms with Crippen LogP contribution in [0.4, 0.5) is 22.0 Å². The van der Waals surface area contributed by atoms with Crippen molar-refractivity contribution in [3.8, 4) is 0 Å². The van der Waals surface area contributed by atoms with Gasteiger partial charge in [-0.2, -0.15) is 13.2 Å². The molecule has 2 rings (SSSR count). The summed E-state index contributed by atoms with van der Waals surface area (Å²) < 4.78 is 64.6. The van der Waals surface area contributed by atoms with Crippen LogP contribution in [0.25, 0.3) is 0 Å². The van der Waals surface area contributed by atoms with Crippen LogP contribution in [0, 0.1) is 5.92 Å². The van der Waals surface area contributed by atoms with Gasteiger partial charge in [-0.1, -0.05) is 18.6 Å². The van der Waals surface area contributed by atoms with Crippen molar-refractivity contribution in [2.45, 2.75) is 44.2 Å². The second-order valence-corrected chi connectivity index (χ2v) is 5.80. The molecule has 0 heterocycles. The number of halogens is 5. The predicted molar refractivity (Wildman–Crippen MR) is 75.1 cm³/mol. The van der Waals surface area contributed by atoms with Crippen molar-refractivity contribution in [1.82, 2.24) is 5.32 Å². The Balaban J connectivity index is 1.84.